The van der Waals surface area contributed by atoms with Gasteiger partial charge in [-0.15, -0.1) is 4.72 Å². The maximum Gasteiger partial charge on any atom is 0.360 e. The summed E-state index contributed by atoms with van der Waals surface area (Å²) in [5.41, 5.74) is 3.74. The topological polar surface area (TPSA) is 111 Å². The minimum absolute atomic E-state index is 0.137. The van der Waals surface area contributed by atoms with Crippen LogP contribution in [-0.4, -0.2) is 50.0 Å². The SMILES string of the molecule is CCOC(=O)c1nc(-c2cccc(Cl)c2Cl)c(C)nc1N1CCC2(CC1)Cc1ccc(C(C)(C)O)cc1[C@H]2N[S@+]([O-])C(C)(C)C. The molecule has 8 nitrogen and oxygen atoms in total. The predicted molar refractivity (Wildman–Crippen MR) is 181 cm³/mol. The van der Waals surface area contributed by atoms with Crippen LogP contribution in [0, 0.1) is 12.3 Å². The van der Waals surface area contributed by atoms with E-state index in [1.54, 1.807) is 39.0 Å². The van der Waals surface area contributed by atoms with E-state index in [2.05, 4.69) is 21.8 Å². The lowest BCUT2D eigenvalue weighted by Crippen LogP contribution is -2.50. The predicted octanol–water partition coefficient (Wildman–Crippen LogP) is 7.10. The van der Waals surface area contributed by atoms with E-state index in [1.807, 2.05) is 33.8 Å². The Morgan fingerprint density at radius 2 is 1.84 bits per heavy atom. The van der Waals surface area contributed by atoms with Crippen LogP contribution in [0.1, 0.15) is 93.3 Å². The normalized spacial score (nSPS) is 18.6. The average molecular weight is 674 g/mol. The van der Waals surface area contributed by atoms with Gasteiger partial charge in [0.1, 0.15) is 4.75 Å². The first-order chi connectivity index (χ1) is 21.1. The van der Waals surface area contributed by atoms with Crippen molar-refractivity contribution in [2.45, 2.75) is 84.1 Å². The van der Waals surface area contributed by atoms with Crippen LogP contribution in [0.4, 0.5) is 5.82 Å². The zero-order chi connectivity index (χ0) is 32.9. The maximum absolute atomic E-state index is 13.5. The van der Waals surface area contributed by atoms with Gasteiger partial charge < -0.3 is 19.3 Å². The zero-order valence-corrected chi connectivity index (χ0v) is 29.3. The van der Waals surface area contributed by atoms with E-state index in [4.69, 9.17) is 37.9 Å². The number of fused-ring (bicyclic) bond motifs is 1. The van der Waals surface area contributed by atoms with E-state index >= 15 is 0 Å². The van der Waals surface area contributed by atoms with Crippen molar-refractivity contribution in [1.82, 2.24) is 14.7 Å². The molecular formula is C34H42Cl2N4O4S. The average Bonchev–Trinajstić information content (AvgIpc) is 3.25. The minimum Gasteiger partial charge on any atom is -0.598 e. The van der Waals surface area contributed by atoms with Crippen LogP contribution < -0.4 is 9.62 Å². The number of aromatic nitrogens is 2. The van der Waals surface area contributed by atoms with Crippen LogP contribution in [0.3, 0.4) is 0 Å². The molecule has 1 aromatic heterocycles. The van der Waals surface area contributed by atoms with Crippen molar-refractivity contribution < 1.29 is 19.2 Å². The molecule has 2 aromatic carbocycles. The summed E-state index contributed by atoms with van der Waals surface area (Å²) in [6.07, 6.45) is 2.36. The summed E-state index contributed by atoms with van der Waals surface area (Å²) < 4.78 is 22.0. The fraction of sp³-hybridized carbons (Fsp3) is 0.500. The Bertz CT molecular complexity index is 1600. The number of ether oxygens (including phenoxy) is 1. The van der Waals surface area contributed by atoms with Crippen molar-refractivity contribution in [3.05, 3.63) is 74.5 Å². The molecule has 5 rings (SSSR count). The second-order valence-corrected chi connectivity index (χ2v) is 16.4. The summed E-state index contributed by atoms with van der Waals surface area (Å²) in [4.78, 5) is 25.0. The lowest BCUT2D eigenvalue weighted by atomic mass is 9.73. The highest BCUT2D eigenvalue weighted by atomic mass is 35.5. The summed E-state index contributed by atoms with van der Waals surface area (Å²) in [6.45, 7) is 14.5. The number of rotatable bonds is 7. The number of carbonyl (C=O) groups is 1. The smallest absolute Gasteiger partial charge is 0.360 e. The first kappa shape index (κ1) is 33.9. The number of aryl methyl sites for hydroxylation is 1. The molecule has 2 heterocycles. The summed E-state index contributed by atoms with van der Waals surface area (Å²) in [6, 6.07) is 11.3. The van der Waals surface area contributed by atoms with Crippen molar-refractivity contribution in [1.29, 1.82) is 0 Å². The molecule has 1 saturated heterocycles. The third-order valence-electron chi connectivity index (χ3n) is 8.89. The van der Waals surface area contributed by atoms with Gasteiger partial charge in [-0.3, -0.25) is 0 Å². The van der Waals surface area contributed by atoms with E-state index in [1.165, 1.54) is 5.56 Å². The van der Waals surface area contributed by atoms with E-state index in [9.17, 15) is 14.5 Å². The third-order valence-corrected chi connectivity index (χ3v) is 11.3. The first-order valence-corrected chi connectivity index (χ1v) is 17.2. The van der Waals surface area contributed by atoms with Crippen LogP contribution >= 0.6 is 23.2 Å². The van der Waals surface area contributed by atoms with Crippen LogP contribution in [-0.2, 0) is 28.1 Å². The van der Waals surface area contributed by atoms with Gasteiger partial charge in [0.05, 0.1) is 39.7 Å². The van der Waals surface area contributed by atoms with Crippen LogP contribution in [0.15, 0.2) is 36.4 Å². The monoisotopic (exact) mass is 672 g/mol. The van der Waals surface area contributed by atoms with E-state index in [0.29, 0.717) is 45.9 Å². The Labute approximate surface area is 279 Å². The van der Waals surface area contributed by atoms with Gasteiger partial charge in [-0.1, -0.05) is 53.5 Å². The number of esters is 1. The summed E-state index contributed by atoms with van der Waals surface area (Å²) in [5, 5.41) is 11.5. The molecular weight excluding hydrogens is 631 g/mol. The van der Waals surface area contributed by atoms with E-state index in [-0.39, 0.29) is 23.8 Å². The van der Waals surface area contributed by atoms with Gasteiger partial charge in [0, 0.05) is 35.4 Å². The van der Waals surface area contributed by atoms with Crippen LogP contribution in [0.25, 0.3) is 11.3 Å². The number of hydrogen-bond donors (Lipinski definition) is 2. The van der Waals surface area contributed by atoms with Gasteiger partial charge in [0.15, 0.2) is 11.5 Å². The molecule has 0 bridgehead atoms. The highest BCUT2D eigenvalue weighted by Gasteiger charge is 2.51. The highest BCUT2D eigenvalue weighted by Crippen LogP contribution is 2.53. The molecule has 1 spiro atoms. The van der Waals surface area contributed by atoms with E-state index in [0.717, 1.165) is 30.4 Å². The van der Waals surface area contributed by atoms with Gasteiger partial charge in [-0.05, 0) is 90.5 Å². The van der Waals surface area contributed by atoms with Crippen molar-refractivity contribution in [3.8, 4) is 11.3 Å². The van der Waals surface area contributed by atoms with Crippen molar-refractivity contribution in [2.24, 2.45) is 5.41 Å². The Morgan fingerprint density at radius 1 is 1.16 bits per heavy atom. The Balaban J connectivity index is 1.50. The van der Waals surface area contributed by atoms with Gasteiger partial charge in [0.2, 0.25) is 0 Å². The number of nitrogens with one attached hydrogen (secondary N) is 1. The molecule has 11 heteroatoms. The molecule has 1 aliphatic heterocycles. The molecule has 2 aliphatic rings. The number of hydrogen-bond acceptors (Lipinski definition) is 8. The van der Waals surface area contributed by atoms with Crippen LogP contribution in [0.5, 0.6) is 0 Å². The Kier molecular flexibility index (Phi) is 9.55. The number of benzene rings is 2. The molecule has 0 amide bonds. The molecule has 0 radical (unpaired) electrons. The highest BCUT2D eigenvalue weighted by molar-refractivity contribution is 7.90. The molecule has 0 saturated carbocycles. The zero-order valence-electron chi connectivity index (χ0n) is 27.0. The minimum atomic E-state index is -1.30. The van der Waals surface area contributed by atoms with Gasteiger partial charge >= 0.3 is 5.97 Å². The number of nitrogens with zero attached hydrogens (tertiary/aromatic N) is 3. The van der Waals surface area contributed by atoms with Crippen molar-refractivity contribution in [3.63, 3.8) is 0 Å². The van der Waals surface area contributed by atoms with Crippen molar-refractivity contribution in [2.75, 3.05) is 24.6 Å². The molecule has 3 aromatic rings. The standard InChI is InChI=1S/C34H42Cl2N4O4S/c1-8-44-31(41)28-30(37-20(2)27(38-28)23-10-9-11-25(35)26(23)36)40-16-14-34(15-17-40)19-21-12-13-22(33(6,7)42)18-24(21)29(34)39-45(43)32(3,4)5/h9-13,18,29,39,42H,8,14-17,19H2,1-7H3/t29-,45-/m1/s1. The molecule has 0 unspecified atom stereocenters. The first-order valence-electron chi connectivity index (χ1n) is 15.3. The fourth-order valence-corrected chi connectivity index (χ4v) is 7.66. The quantitative estimate of drug-likeness (QED) is 0.202. The summed E-state index contributed by atoms with van der Waals surface area (Å²) >= 11 is 11.5. The molecule has 1 aliphatic carbocycles. The number of piperidine rings is 1. The molecule has 1 fully saturated rings. The second kappa shape index (κ2) is 12.7. The number of aliphatic hydroxyl groups is 1. The number of carbonyl (C=O) groups excluding carboxylic acids is 1. The second-order valence-electron chi connectivity index (χ2n) is 13.6. The lowest BCUT2D eigenvalue weighted by molar-refractivity contribution is 0.0519. The number of halogens is 2. The van der Waals surface area contributed by atoms with E-state index < -0.39 is 27.7 Å². The summed E-state index contributed by atoms with van der Waals surface area (Å²) in [5.74, 6) is -0.0717. The molecule has 45 heavy (non-hydrogen) atoms. The Hall–Kier alpha value is -2.40. The van der Waals surface area contributed by atoms with Crippen molar-refractivity contribution >= 4 is 46.4 Å². The van der Waals surface area contributed by atoms with Crippen LogP contribution in [0.2, 0.25) is 10.0 Å². The third kappa shape index (κ3) is 6.71. The molecule has 242 valence electrons. The molecule has 2 atom stereocenters. The van der Waals surface area contributed by atoms with Gasteiger partial charge in [0.25, 0.3) is 0 Å². The Morgan fingerprint density at radius 3 is 2.47 bits per heavy atom. The fourth-order valence-electron chi connectivity index (χ4n) is 6.32. The lowest BCUT2D eigenvalue weighted by Gasteiger charge is -2.44. The van der Waals surface area contributed by atoms with Gasteiger partial charge in [-0.25, -0.2) is 14.8 Å². The van der Waals surface area contributed by atoms with Gasteiger partial charge in [-0.2, -0.15) is 0 Å². The molecule has 2 N–H and O–H groups in total. The largest absolute Gasteiger partial charge is 0.598 e. The maximum atomic E-state index is 13.5. The summed E-state index contributed by atoms with van der Waals surface area (Å²) in [7, 11) is 0. The number of anilines is 1.